The highest BCUT2D eigenvalue weighted by Gasteiger charge is 2.13. The molecule has 2 aromatic rings. The van der Waals surface area contributed by atoms with Crippen molar-refractivity contribution in [3.8, 4) is 11.5 Å². The van der Waals surface area contributed by atoms with E-state index in [2.05, 4.69) is 9.97 Å². The van der Waals surface area contributed by atoms with E-state index in [0.29, 0.717) is 42.3 Å². The van der Waals surface area contributed by atoms with Crippen molar-refractivity contribution in [3.63, 3.8) is 0 Å². The Labute approximate surface area is 91.4 Å². The second-order valence-corrected chi connectivity index (χ2v) is 3.61. The van der Waals surface area contributed by atoms with Gasteiger partial charge in [-0.05, 0) is 0 Å². The topological polar surface area (TPSA) is 64.2 Å². The molecule has 0 bridgehead atoms. The third-order valence-electron chi connectivity index (χ3n) is 2.48. The second kappa shape index (κ2) is 3.52. The highest BCUT2D eigenvalue weighted by atomic mass is 16.5. The largest absolute Gasteiger partial charge is 0.489 e. The van der Waals surface area contributed by atoms with Gasteiger partial charge in [-0.3, -0.25) is 4.79 Å². The molecule has 0 atom stereocenters. The van der Waals surface area contributed by atoms with Crippen molar-refractivity contribution < 1.29 is 14.3 Å². The van der Waals surface area contributed by atoms with Crippen LogP contribution in [0.4, 0.5) is 0 Å². The SMILES string of the molecule is O=Cc1nc2cc3c(cc2[nH]1)OCCCO3. The van der Waals surface area contributed by atoms with Crippen LogP contribution in [0.5, 0.6) is 11.5 Å². The van der Waals surface area contributed by atoms with E-state index in [9.17, 15) is 4.79 Å². The molecule has 0 saturated carbocycles. The van der Waals surface area contributed by atoms with Crippen LogP contribution in [0.15, 0.2) is 12.1 Å². The molecule has 1 aliphatic heterocycles. The molecule has 2 heterocycles. The average Bonchev–Trinajstić information content (AvgIpc) is 2.56. The van der Waals surface area contributed by atoms with Crippen LogP contribution < -0.4 is 9.47 Å². The lowest BCUT2D eigenvalue weighted by atomic mass is 10.3. The Balaban J connectivity index is 2.17. The highest BCUT2D eigenvalue weighted by molar-refractivity contribution is 5.84. The van der Waals surface area contributed by atoms with Crippen LogP contribution in [-0.4, -0.2) is 29.5 Å². The van der Waals surface area contributed by atoms with E-state index in [-0.39, 0.29) is 0 Å². The molecule has 0 aliphatic carbocycles. The van der Waals surface area contributed by atoms with E-state index in [1.54, 1.807) is 6.07 Å². The monoisotopic (exact) mass is 218 g/mol. The summed E-state index contributed by atoms with van der Waals surface area (Å²) in [5.41, 5.74) is 1.50. The van der Waals surface area contributed by atoms with Gasteiger partial charge in [0, 0.05) is 18.6 Å². The number of hydrogen-bond donors (Lipinski definition) is 1. The number of carbonyl (C=O) groups excluding carboxylic acids is 1. The van der Waals surface area contributed by atoms with Gasteiger partial charge in [0.25, 0.3) is 0 Å². The zero-order valence-corrected chi connectivity index (χ0v) is 8.53. The molecule has 16 heavy (non-hydrogen) atoms. The van der Waals surface area contributed by atoms with Gasteiger partial charge in [0.05, 0.1) is 24.2 Å². The maximum Gasteiger partial charge on any atom is 0.185 e. The average molecular weight is 218 g/mol. The number of aromatic amines is 1. The number of benzene rings is 1. The number of nitrogens with zero attached hydrogens (tertiary/aromatic N) is 1. The number of imidazole rings is 1. The van der Waals surface area contributed by atoms with E-state index in [1.165, 1.54) is 0 Å². The van der Waals surface area contributed by atoms with Gasteiger partial charge in [0.2, 0.25) is 0 Å². The summed E-state index contributed by atoms with van der Waals surface area (Å²) in [6, 6.07) is 3.61. The molecule has 0 spiro atoms. The number of hydrogen-bond acceptors (Lipinski definition) is 4. The zero-order chi connectivity index (χ0) is 11.0. The van der Waals surface area contributed by atoms with Gasteiger partial charge < -0.3 is 14.5 Å². The number of H-pyrrole nitrogens is 1. The summed E-state index contributed by atoms with van der Waals surface area (Å²) in [7, 11) is 0. The van der Waals surface area contributed by atoms with E-state index in [4.69, 9.17) is 9.47 Å². The summed E-state index contributed by atoms with van der Waals surface area (Å²) in [5, 5.41) is 0. The van der Waals surface area contributed by atoms with Gasteiger partial charge in [-0.15, -0.1) is 0 Å². The summed E-state index contributed by atoms with van der Waals surface area (Å²) < 4.78 is 11.1. The van der Waals surface area contributed by atoms with Gasteiger partial charge in [-0.25, -0.2) is 4.98 Å². The van der Waals surface area contributed by atoms with Gasteiger partial charge in [0.15, 0.2) is 23.6 Å². The van der Waals surface area contributed by atoms with Crippen molar-refractivity contribution in [3.05, 3.63) is 18.0 Å². The first kappa shape index (κ1) is 9.21. The molecule has 1 aliphatic rings. The minimum absolute atomic E-state index is 0.315. The lowest BCUT2D eigenvalue weighted by Crippen LogP contribution is -1.97. The minimum atomic E-state index is 0.315. The first-order valence-electron chi connectivity index (χ1n) is 5.11. The normalized spacial score (nSPS) is 14.8. The van der Waals surface area contributed by atoms with E-state index in [0.717, 1.165) is 11.9 Å². The molecule has 1 aromatic carbocycles. The molecule has 0 amide bonds. The molecule has 5 heteroatoms. The molecule has 0 saturated heterocycles. The zero-order valence-electron chi connectivity index (χ0n) is 8.53. The first-order chi connectivity index (χ1) is 7.86. The quantitative estimate of drug-likeness (QED) is 0.737. The molecule has 1 aromatic heterocycles. The molecule has 0 fully saturated rings. The molecule has 3 rings (SSSR count). The number of aldehydes is 1. The summed E-state index contributed by atoms with van der Waals surface area (Å²) in [6.07, 6.45) is 1.56. The van der Waals surface area contributed by atoms with Crippen LogP contribution >= 0.6 is 0 Å². The van der Waals surface area contributed by atoms with Crippen molar-refractivity contribution in [2.45, 2.75) is 6.42 Å². The number of rotatable bonds is 1. The fourth-order valence-corrected chi connectivity index (χ4v) is 1.74. The van der Waals surface area contributed by atoms with Gasteiger partial charge in [-0.2, -0.15) is 0 Å². The van der Waals surface area contributed by atoms with Crippen LogP contribution in [0.1, 0.15) is 17.0 Å². The smallest absolute Gasteiger partial charge is 0.185 e. The second-order valence-electron chi connectivity index (χ2n) is 3.61. The van der Waals surface area contributed by atoms with Crippen molar-refractivity contribution in [1.82, 2.24) is 9.97 Å². The number of carbonyl (C=O) groups is 1. The third kappa shape index (κ3) is 1.41. The predicted molar refractivity (Wildman–Crippen MR) is 57.1 cm³/mol. The summed E-state index contributed by atoms with van der Waals surface area (Å²) in [6.45, 7) is 1.29. The number of fused-ring (bicyclic) bond motifs is 2. The van der Waals surface area contributed by atoms with Crippen LogP contribution in [-0.2, 0) is 0 Å². The molecular weight excluding hydrogens is 208 g/mol. The van der Waals surface area contributed by atoms with Crippen LogP contribution in [0.25, 0.3) is 11.0 Å². The maximum absolute atomic E-state index is 10.6. The minimum Gasteiger partial charge on any atom is -0.489 e. The first-order valence-corrected chi connectivity index (χ1v) is 5.11. The number of nitrogens with one attached hydrogen (secondary N) is 1. The highest BCUT2D eigenvalue weighted by Crippen LogP contribution is 2.33. The molecule has 82 valence electrons. The fraction of sp³-hybridized carbons (Fsp3) is 0.273. The molecule has 1 N–H and O–H groups in total. The Morgan fingerprint density at radius 1 is 1.25 bits per heavy atom. The maximum atomic E-state index is 10.6. The Morgan fingerprint density at radius 3 is 2.75 bits per heavy atom. The predicted octanol–water partition coefficient (Wildman–Crippen LogP) is 1.54. The van der Waals surface area contributed by atoms with Crippen molar-refractivity contribution in [1.29, 1.82) is 0 Å². The summed E-state index contributed by atoms with van der Waals surface area (Å²) in [5.74, 6) is 1.70. The lowest BCUT2D eigenvalue weighted by Gasteiger charge is -2.05. The Hall–Kier alpha value is -2.04. The van der Waals surface area contributed by atoms with Gasteiger partial charge in [0.1, 0.15) is 0 Å². The lowest BCUT2D eigenvalue weighted by molar-refractivity contribution is 0.111. The van der Waals surface area contributed by atoms with Crippen LogP contribution in [0.3, 0.4) is 0 Å². The van der Waals surface area contributed by atoms with Gasteiger partial charge in [-0.1, -0.05) is 0 Å². The van der Waals surface area contributed by atoms with Crippen LogP contribution in [0.2, 0.25) is 0 Å². The van der Waals surface area contributed by atoms with E-state index < -0.39 is 0 Å². The third-order valence-corrected chi connectivity index (χ3v) is 2.48. The summed E-state index contributed by atoms with van der Waals surface area (Å²) >= 11 is 0. The van der Waals surface area contributed by atoms with E-state index in [1.807, 2.05) is 6.07 Å². The summed E-state index contributed by atoms with van der Waals surface area (Å²) in [4.78, 5) is 17.6. The standard InChI is InChI=1S/C11H10N2O3/c14-6-11-12-7-4-9-10(5-8(7)13-11)16-3-1-2-15-9/h4-6H,1-3H2,(H,12,13). The number of aromatic nitrogens is 2. The van der Waals surface area contributed by atoms with Crippen molar-refractivity contribution in [2.75, 3.05) is 13.2 Å². The number of ether oxygens (including phenoxy) is 2. The molecule has 0 unspecified atom stereocenters. The van der Waals surface area contributed by atoms with Gasteiger partial charge >= 0.3 is 0 Å². The van der Waals surface area contributed by atoms with Crippen molar-refractivity contribution in [2.24, 2.45) is 0 Å². The van der Waals surface area contributed by atoms with Crippen molar-refractivity contribution >= 4 is 17.3 Å². The van der Waals surface area contributed by atoms with E-state index >= 15 is 0 Å². The molecule has 5 nitrogen and oxygen atoms in total. The Kier molecular flexibility index (Phi) is 2.02. The van der Waals surface area contributed by atoms with Crippen LogP contribution in [0, 0.1) is 0 Å². The molecule has 0 radical (unpaired) electrons. The fourth-order valence-electron chi connectivity index (χ4n) is 1.74. The Bertz CT molecular complexity index is 504. The molecular formula is C11H10N2O3. The Morgan fingerprint density at radius 2 is 2.00 bits per heavy atom.